The zero-order valence-corrected chi connectivity index (χ0v) is 17.6. The first-order valence-electron chi connectivity index (χ1n) is 10.8. The van der Waals surface area contributed by atoms with Crippen LogP contribution in [0, 0.1) is 0 Å². The van der Waals surface area contributed by atoms with Gasteiger partial charge in [-0.05, 0) is 51.1 Å². The molecule has 5 rings (SSSR count). The van der Waals surface area contributed by atoms with Crippen LogP contribution in [0.1, 0.15) is 19.8 Å². The molecule has 0 unspecified atom stereocenters. The van der Waals surface area contributed by atoms with Crippen LogP contribution in [-0.2, 0) is 0 Å². The number of benzene rings is 1. The molecule has 31 heavy (non-hydrogen) atoms. The number of fused-ring (bicyclic) bond motifs is 2. The van der Waals surface area contributed by atoms with Crippen molar-refractivity contribution in [1.82, 2.24) is 19.7 Å². The first-order valence-corrected chi connectivity index (χ1v) is 10.8. The van der Waals surface area contributed by atoms with E-state index in [2.05, 4.69) is 46.8 Å². The van der Waals surface area contributed by atoms with Crippen molar-refractivity contribution in [3.05, 3.63) is 54.9 Å². The summed E-state index contributed by atoms with van der Waals surface area (Å²) in [4.78, 5) is 9.56. The number of para-hydroxylation sites is 1. The smallest absolute Gasteiger partial charge is 0.140 e. The van der Waals surface area contributed by atoms with Crippen molar-refractivity contribution >= 4 is 22.2 Å². The second-order valence-corrected chi connectivity index (χ2v) is 8.32. The number of nitrogens with zero attached hydrogens (tertiary/aromatic N) is 3. The molecule has 0 aliphatic carbocycles. The van der Waals surface area contributed by atoms with E-state index < -0.39 is 0 Å². The Morgan fingerprint density at radius 3 is 2.90 bits per heavy atom. The van der Waals surface area contributed by atoms with Crippen molar-refractivity contribution in [3.8, 4) is 17.1 Å². The fourth-order valence-corrected chi connectivity index (χ4v) is 4.22. The van der Waals surface area contributed by atoms with Gasteiger partial charge in [0.1, 0.15) is 18.0 Å². The predicted octanol–water partition coefficient (Wildman–Crippen LogP) is 3.47. The average Bonchev–Trinajstić information content (AvgIpc) is 3.21. The first kappa shape index (κ1) is 19.8. The molecule has 3 aromatic heterocycles. The van der Waals surface area contributed by atoms with Crippen molar-refractivity contribution in [2.45, 2.75) is 25.3 Å². The molecule has 160 valence electrons. The summed E-state index contributed by atoms with van der Waals surface area (Å²) in [5.74, 6) is 0.687. The Hall–Kier alpha value is -3.16. The van der Waals surface area contributed by atoms with E-state index in [1.165, 1.54) is 0 Å². The van der Waals surface area contributed by atoms with Crippen LogP contribution in [0.3, 0.4) is 0 Å². The van der Waals surface area contributed by atoms with Gasteiger partial charge in [0.05, 0.1) is 35.4 Å². The number of aliphatic hydroxyl groups excluding tert-OH is 1. The van der Waals surface area contributed by atoms with Crippen LogP contribution in [0.5, 0.6) is 5.75 Å². The average molecular weight is 418 g/mol. The van der Waals surface area contributed by atoms with Crippen molar-refractivity contribution in [3.63, 3.8) is 0 Å². The Morgan fingerprint density at radius 2 is 2.06 bits per heavy atom. The minimum atomic E-state index is -0.0161. The zero-order valence-electron chi connectivity index (χ0n) is 17.6. The van der Waals surface area contributed by atoms with Crippen molar-refractivity contribution < 1.29 is 9.84 Å². The lowest BCUT2D eigenvalue weighted by Gasteiger charge is -2.36. The van der Waals surface area contributed by atoms with Crippen LogP contribution in [0.15, 0.2) is 54.9 Å². The molecule has 1 saturated heterocycles. The number of anilines is 1. The van der Waals surface area contributed by atoms with E-state index in [0.717, 1.165) is 59.6 Å². The number of piperidine rings is 1. The van der Waals surface area contributed by atoms with E-state index in [-0.39, 0.29) is 18.8 Å². The molecule has 4 heterocycles. The van der Waals surface area contributed by atoms with E-state index >= 15 is 0 Å². The number of hydrogen-bond acceptors (Lipinski definition) is 6. The molecule has 0 amide bonds. The summed E-state index contributed by atoms with van der Waals surface area (Å²) in [6.07, 6.45) is 5.92. The summed E-state index contributed by atoms with van der Waals surface area (Å²) in [6.45, 7) is 4.59. The lowest BCUT2D eigenvalue weighted by atomic mass is 9.90. The standard InChI is InChI=1S/C24H27N5O2/c1-24(8-10-25-11-9-24)28-20-4-2-3-17-5-6-19(27-23(17)20)21-16-26-22-15-18(31-14-13-30)7-12-29(21)22/h2-7,12,15-16,25,28,30H,8-11,13-14H2,1H3. The minimum absolute atomic E-state index is 0.0161. The number of rotatable bonds is 6. The number of hydrogen-bond donors (Lipinski definition) is 3. The SMILES string of the molecule is CC1(Nc2cccc3ccc(-c4cnc5cc(OCCO)ccn45)nc23)CCNCC1. The highest BCUT2D eigenvalue weighted by molar-refractivity contribution is 5.92. The normalized spacial score (nSPS) is 15.9. The molecular formula is C24H27N5O2. The summed E-state index contributed by atoms with van der Waals surface area (Å²) >= 11 is 0. The lowest BCUT2D eigenvalue weighted by Crippen LogP contribution is -2.45. The summed E-state index contributed by atoms with van der Waals surface area (Å²) < 4.78 is 7.51. The minimum Gasteiger partial charge on any atom is -0.491 e. The number of nitrogens with one attached hydrogen (secondary N) is 2. The molecule has 0 atom stereocenters. The van der Waals surface area contributed by atoms with Gasteiger partial charge in [0.15, 0.2) is 0 Å². The predicted molar refractivity (Wildman–Crippen MR) is 123 cm³/mol. The molecule has 0 bridgehead atoms. The quantitative estimate of drug-likeness (QED) is 0.446. The Morgan fingerprint density at radius 1 is 1.19 bits per heavy atom. The monoisotopic (exact) mass is 417 g/mol. The van der Waals surface area contributed by atoms with Crippen LogP contribution >= 0.6 is 0 Å². The van der Waals surface area contributed by atoms with Gasteiger partial charge in [0.25, 0.3) is 0 Å². The maximum Gasteiger partial charge on any atom is 0.140 e. The number of aromatic nitrogens is 3. The summed E-state index contributed by atoms with van der Waals surface area (Å²) in [5.41, 5.74) is 4.67. The topological polar surface area (TPSA) is 83.7 Å². The fraction of sp³-hybridized carbons (Fsp3) is 0.333. The van der Waals surface area contributed by atoms with E-state index in [9.17, 15) is 0 Å². The second-order valence-electron chi connectivity index (χ2n) is 8.32. The van der Waals surface area contributed by atoms with Crippen LogP contribution < -0.4 is 15.4 Å². The highest BCUT2D eigenvalue weighted by Gasteiger charge is 2.27. The van der Waals surface area contributed by atoms with Crippen molar-refractivity contribution in [2.75, 3.05) is 31.6 Å². The van der Waals surface area contributed by atoms with E-state index in [0.29, 0.717) is 5.75 Å². The van der Waals surface area contributed by atoms with Gasteiger partial charge in [-0.15, -0.1) is 0 Å². The molecule has 1 aliphatic rings. The largest absolute Gasteiger partial charge is 0.491 e. The molecule has 1 aromatic carbocycles. The molecule has 1 fully saturated rings. The van der Waals surface area contributed by atoms with Crippen LogP contribution in [0.25, 0.3) is 27.9 Å². The summed E-state index contributed by atoms with van der Waals surface area (Å²) in [5, 5.41) is 17.3. The second kappa shape index (κ2) is 8.17. The van der Waals surface area contributed by atoms with Gasteiger partial charge < -0.3 is 20.5 Å². The van der Waals surface area contributed by atoms with Crippen LogP contribution in [0.4, 0.5) is 5.69 Å². The lowest BCUT2D eigenvalue weighted by molar-refractivity contribution is 0.201. The van der Waals surface area contributed by atoms with Gasteiger partial charge >= 0.3 is 0 Å². The van der Waals surface area contributed by atoms with E-state index in [1.54, 1.807) is 0 Å². The molecule has 7 heteroatoms. The third kappa shape index (κ3) is 3.94. The highest BCUT2D eigenvalue weighted by Crippen LogP contribution is 2.31. The third-order valence-corrected chi connectivity index (χ3v) is 5.97. The third-order valence-electron chi connectivity index (χ3n) is 5.97. The van der Waals surface area contributed by atoms with E-state index in [4.69, 9.17) is 14.8 Å². The number of pyridine rings is 2. The molecule has 4 aromatic rings. The van der Waals surface area contributed by atoms with Crippen molar-refractivity contribution in [1.29, 1.82) is 0 Å². The maximum atomic E-state index is 8.96. The molecule has 0 saturated carbocycles. The molecule has 3 N–H and O–H groups in total. The Balaban J connectivity index is 1.52. The number of ether oxygens (including phenoxy) is 1. The first-order chi connectivity index (χ1) is 15.1. The zero-order chi connectivity index (χ0) is 21.3. The molecule has 0 spiro atoms. The molecule has 7 nitrogen and oxygen atoms in total. The van der Waals surface area contributed by atoms with E-state index in [1.807, 2.05) is 35.0 Å². The maximum absolute atomic E-state index is 8.96. The van der Waals surface area contributed by atoms with Gasteiger partial charge in [-0.3, -0.25) is 4.40 Å². The number of imidazole rings is 1. The Bertz CT molecular complexity index is 1210. The van der Waals surface area contributed by atoms with Gasteiger partial charge in [0, 0.05) is 23.2 Å². The van der Waals surface area contributed by atoms with Crippen LogP contribution in [0.2, 0.25) is 0 Å². The van der Waals surface area contributed by atoms with Gasteiger partial charge in [-0.25, -0.2) is 9.97 Å². The Kier molecular flexibility index (Phi) is 5.21. The molecule has 0 radical (unpaired) electrons. The van der Waals surface area contributed by atoms with Crippen molar-refractivity contribution in [2.24, 2.45) is 0 Å². The molecule has 1 aliphatic heterocycles. The van der Waals surface area contributed by atoms with Crippen LogP contribution in [-0.4, -0.2) is 51.3 Å². The molecular weight excluding hydrogens is 390 g/mol. The van der Waals surface area contributed by atoms with Gasteiger partial charge in [-0.2, -0.15) is 0 Å². The summed E-state index contributed by atoms with van der Waals surface area (Å²) in [7, 11) is 0. The Labute approximate surface area is 181 Å². The highest BCUT2D eigenvalue weighted by atomic mass is 16.5. The van der Waals surface area contributed by atoms with Gasteiger partial charge in [-0.1, -0.05) is 18.2 Å². The summed E-state index contributed by atoms with van der Waals surface area (Å²) in [6, 6.07) is 14.2. The number of aliphatic hydroxyl groups is 1. The fourth-order valence-electron chi connectivity index (χ4n) is 4.22. The van der Waals surface area contributed by atoms with Gasteiger partial charge in [0.2, 0.25) is 0 Å².